The van der Waals surface area contributed by atoms with Gasteiger partial charge in [0.15, 0.2) is 18.1 Å². The summed E-state index contributed by atoms with van der Waals surface area (Å²) < 4.78 is 16.8. The van der Waals surface area contributed by atoms with Gasteiger partial charge in [-0.05, 0) is 65.9 Å². The van der Waals surface area contributed by atoms with Crippen molar-refractivity contribution in [2.24, 2.45) is 0 Å². The molecule has 0 saturated carbocycles. The van der Waals surface area contributed by atoms with Crippen LogP contribution in [0.2, 0.25) is 10.0 Å². The molecule has 0 aromatic heterocycles. The summed E-state index contributed by atoms with van der Waals surface area (Å²) in [6, 6.07) is 18.6. The predicted molar refractivity (Wildman–Crippen MR) is 129 cm³/mol. The van der Waals surface area contributed by atoms with Crippen molar-refractivity contribution >= 4 is 29.2 Å². The lowest BCUT2D eigenvalue weighted by Crippen LogP contribution is -2.14. The molecule has 0 saturated heterocycles. The highest BCUT2D eigenvalue weighted by molar-refractivity contribution is 6.35. The minimum atomic E-state index is -0.449. The molecule has 168 valence electrons. The number of esters is 1. The third-order valence-corrected chi connectivity index (χ3v) is 5.35. The van der Waals surface area contributed by atoms with Gasteiger partial charge in [0.1, 0.15) is 5.75 Å². The molecule has 0 bridgehead atoms. The lowest BCUT2D eigenvalue weighted by molar-refractivity contribution is -0.145. The molecule has 4 nitrogen and oxygen atoms in total. The zero-order valence-electron chi connectivity index (χ0n) is 18.6. The van der Waals surface area contributed by atoms with Crippen LogP contribution in [0.3, 0.4) is 0 Å². The molecular formula is C26H26Cl2O4. The van der Waals surface area contributed by atoms with E-state index in [0.29, 0.717) is 27.3 Å². The second-order valence-electron chi connectivity index (χ2n) is 8.26. The van der Waals surface area contributed by atoms with Crippen LogP contribution in [0.25, 0.3) is 11.1 Å². The molecule has 0 aliphatic heterocycles. The first-order chi connectivity index (χ1) is 15.2. The van der Waals surface area contributed by atoms with Crippen molar-refractivity contribution in [3.63, 3.8) is 0 Å². The molecule has 0 aliphatic carbocycles. The Kier molecular flexibility index (Phi) is 7.70. The van der Waals surface area contributed by atoms with Crippen LogP contribution in [-0.2, 0) is 14.9 Å². The van der Waals surface area contributed by atoms with E-state index in [9.17, 15) is 4.79 Å². The molecule has 3 aromatic rings. The van der Waals surface area contributed by atoms with Gasteiger partial charge >= 0.3 is 5.97 Å². The van der Waals surface area contributed by atoms with Gasteiger partial charge in [-0.25, -0.2) is 4.79 Å². The van der Waals surface area contributed by atoms with E-state index in [1.165, 1.54) is 5.56 Å². The van der Waals surface area contributed by atoms with Crippen molar-refractivity contribution in [3.8, 4) is 28.4 Å². The highest BCUT2D eigenvalue weighted by atomic mass is 35.5. The van der Waals surface area contributed by atoms with Gasteiger partial charge in [0.05, 0.1) is 6.61 Å². The Morgan fingerprint density at radius 2 is 1.62 bits per heavy atom. The van der Waals surface area contributed by atoms with Crippen molar-refractivity contribution in [1.29, 1.82) is 0 Å². The molecule has 0 N–H and O–H groups in total. The van der Waals surface area contributed by atoms with Crippen LogP contribution in [0.4, 0.5) is 0 Å². The quantitative estimate of drug-likeness (QED) is 0.330. The molecule has 0 aliphatic rings. The summed E-state index contributed by atoms with van der Waals surface area (Å²) >= 11 is 12.6. The van der Waals surface area contributed by atoms with Crippen LogP contribution in [0, 0.1) is 0 Å². The van der Waals surface area contributed by atoms with Crippen molar-refractivity contribution in [2.75, 3.05) is 13.2 Å². The SMILES string of the molecule is CCOC(=O)COc1ccc(-c2cc(Cl)ccc2Cl)cc1Oc1ccc(C(C)(C)C)cc1. The number of hydrogen-bond acceptors (Lipinski definition) is 4. The Morgan fingerprint density at radius 1 is 0.906 bits per heavy atom. The molecule has 0 heterocycles. The molecule has 0 radical (unpaired) electrons. The van der Waals surface area contributed by atoms with E-state index in [0.717, 1.165) is 11.1 Å². The monoisotopic (exact) mass is 472 g/mol. The van der Waals surface area contributed by atoms with Gasteiger partial charge in [0, 0.05) is 15.6 Å². The average molecular weight is 473 g/mol. The van der Waals surface area contributed by atoms with Crippen LogP contribution in [-0.4, -0.2) is 19.2 Å². The van der Waals surface area contributed by atoms with E-state index in [2.05, 4.69) is 20.8 Å². The number of hydrogen-bond donors (Lipinski definition) is 0. The number of carbonyl (C=O) groups excluding carboxylic acids is 1. The van der Waals surface area contributed by atoms with E-state index >= 15 is 0 Å². The molecule has 32 heavy (non-hydrogen) atoms. The maximum Gasteiger partial charge on any atom is 0.344 e. The second kappa shape index (κ2) is 10.3. The van der Waals surface area contributed by atoms with Gasteiger partial charge in [-0.3, -0.25) is 0 Å². The van der Waals surface area contributed by atoms with E-state index in [1.807, 2.05) is 36.4 Å². The minimum absolute atomic E-state index is 0.0374. The normalized spacial score (nSPS) is 11.2. The maximum absolute atomic E-state index is 11.8. The van der Waals surface area contributed by atoms with Gasteiger partial charge in [-0.1, -0.05) is 62.2 Å². The van der Waals surface area contributed by atoms with Gasteiger partial charge in [-0.15, -0.1) is 0 Å². The van der Waals surface area contributed by atoms with Crippen molar-refractivity contribution < 1.29 is 19.0 Å². The Hall–Kier alpha value is -2.69. The fourth-order valence-corrected chi connectivity index (χ4v) is 3.48. The Morgan fingerprint density at radius 3 is 2.28 bits per heavy atom. The Balaban J connectivity index is 1.95. The van der Waals surface area contributed by atoms with Crippen LogP contribution in [0.15, 0.2) is 60.7 Å². The average Bonchev–Trinajstić information content (AvgIpc) is 2.74. The molecule has 0 spiro atoms. The predicted octanol–water partition coefficient (Wildman–Crippen LogP) is 7.69. The third kappa shape index (κ3) is 6.18. The highest BCUT2D eigenvalue weighted by Crippen LogP contribution is 2.39. The van der Waals surface area contributed by atoms with Crippen LogP contribution in [0.1, 0.15) is 33.3 Å². The molecule has 0 unspecified atom stereocenters. The lowest BCUT2D eigenvalue weighted by Gasteiger charge is -2.19. The summed E-state index contributed by atoms with van der Waals surface area (Å²) in [4.78, 5) is 11.8. The summed E-state index contributed by atoms with van der Waals surface area (Å²) in [5, 5.41) is 1.14. The molecule has 0 amide bonds. The maximum atomic E-state index is 11.8. The number of rotatable bonds is 7. The second-order valence-corrected chi connectivity index (χ2v) is 9.10. The van der Waals surface area contributed by atoms with Crippen molar-refractivity contribution in [1.82, 2.24) is 0 Å². The summed E-state index contributed by atoms with van der Waals surface area (Å²) in [5.41, 5.74) is 2.81. The first-order valence-electron chi connectivity index (χ1n) is 10.3. The Labute approximate surface area is 199 Å². The largest absolute Gasteiger partial charge is 0.478 e. The van der Waals surface area contributed by atoms with E-state index in [-0.39, 0.29) is 18.6 Å². The fraction of sp³-hybridized carbons (Fsp3) is 0.269. The van der Waals surface area contributed by atoms with E-state index < -0.39 is 5.97 Å². The van der Waals surface area contributed by atoms with E-state index in [1.54, 1.807) is 31.2 Å². The van der Waals surface area contributed by atoms with Crippen LogP contribution >= 0.6 is 23.2 Å². The summed E-state index contributed by atoms with van der Waals surface area (Å²) in [6.45, 7) is 8.28. The fourth-order valence-electron chi connectivity index (χ4n) is 3.08. The van der Waals surface area contributed by atoms with Gasteiger partial charge in [0.2, 0.25) is 0 Å². The van der Waals surface area contributed by atoms with Crippen LogP contribution < -0.4 is 9.47 Å². The van der Waals surface area contributed by atoms with Gasteiger partial charge < -0.3 is 14.2 Å². The molecule has 3 rings (SSSR count). The topological polar surface area (TPSA) is 44.8 Å². The molecule has 6 heteroatoms. The molecule has 3 aromatic carbocycles. The highest BCUT2D eigenvalue weighted by Gasteiger charge is 2.16. The summed E-state index contributed by atoms with van der Waals surface area (Å²) in [6.07, 6.45) is 0. The number of benzene rings is 3. The van der Waals surface area contributed by atoms with Gasteiger partial charge in [0.25, 0.3) is 0 Å². The molecule has 0 fully saturated rings. The van der Waals surface area contributed by atoms with Crippen molar-refractivity contribution in [2.45, 2.75) is 33.1 Å². The van der Waals surface area contributed by atoms with Gasteiger partial charge in [-0.2, -0.15) is 0 Å². The number of ether oxygens (including phenoxy) is 3. The molecule has 0 atom stereocenters. The standard InChI is InChI=1S/C26H26Cl2O4/c1-5-30-25(29)16-31-23-13-6-17(21-15-19(27)9-12-22(21)28)14-24(23)32-20-10-7-18(8-11-20)26(2,3)4/h6-15H,5,16H2,1-4H3. The van der Waals surface area contributed by atoms with Crippen LogP contribution in [0.5, 0.6) is 17.2 Å². The van der Waals surface area contributed by atoms with E-state index in [4.69, 9.17) is 37.4 Å². The van der Waals surface area contributed by atoms with Crippen molar-refractivity contribution in [3.05, 3.63) is 76.3 Å². The summed E-state index contributed by atoms with van der Waals surface area (Å²) in [7, 11) is 0. The smallest absolute Gasteiger partial charge is 0.344 e. The Bertz CT molecular complexity index is 1090. The number of halogens is 2. The number of carbonyl (C=O) groups is 1. The first-order valence-corrected chi connectivity index (χ1v) is 11.1. The molecular weight excluding hydrogens is 447 g/mol. The summed E-state index contributed by atoms with van der Waals surface area (Å²) in [5.74, 6) is 1.06. The first kappa shape index (κ1) is 24.0. The lowest BCUT2D eigenvalue weighted by atomic mass is 9.87. The minimum Gasteiger partial charge on any atom is -0.478 e. The zero-order chi connectivity index (χ0) is 23.3. The zero-order valence-corrected chi connectivity index (χ0v) is 20.1. The third-order valence-electron chi connectivity index (χ3n) is 4.78.